The van der Waals surface area contributed by atoms with Gasteiger partial charge in [-0.2, -0.15) is 0 Å². The molecule has 4 rings (SSSR count). The molecule has 7 heteroatoms. The quantitative estimate of drug-likeness (QED) is 0.596. The van der Waals surface area contributed by atoms with Crippen molar-refractivity contribution in [1.29, 1.82) is 0 Å². The van der Waals surface area contributed by atoms with Crippen LogP contribution in [0.25, 0.3) is 0 Å². The highest BCUT2D eigenvalue weighted by Crippen LogP contribution is 2.22. The van der Waals surface area contributed by atoms with E-state index in [1.807, 2.05) is 50.2 Å². The molecule has 0 radical (unpaired) electrons. The van der Waals surface area contributed by atoms with Gasteiger partial charge in [-0.05, 0) is 81.9 Å². The van der Waals surface area contributed by atoms with Gasteiger partial charge in [-0.15, -0.1) is 0 Å². The third kappa shape index (κ3) is 5.80. The summed E-state index contributed by atoms with van der Waals surface area (Å²) in [4.78, 5) is 34.9. The van der Waals surface area contributed by atoms with Crippen LogP contribution in [0, 0.1) is 13.8 Å². The van der Waals surface area contributed by atoms with Crippen LogP contribution in [0.1, 0.15) is 38.3 Å². The zero-order chi connectivity index (χ0) is 24.1. The molecule has 34 heavy (non-hydrogen) atoms. The number of hydrogen-bond donors (Lipinski definition) is 2. The number of rotatable bonds is 5. The summed E-state index contributed by atoms with van der Waals surface area (Å²) in [6.45, 7) is 7.95. The van der Waals surface area contributed by atoms with Crippen molar-refractivity contribution in [2.75, 3.05) is 48.8 Å². The van der Waals surface area contributed by atoms with Gasteiger partial charge in [0.05, 0.1) is 11.3 Å². The van der Waals surface area contributed by atoms with Crippen LogP contribution < -0.4 is 15.5 Å². The maximum Gasteiger partial charge on any atom is 0.258 e. The zero-order valence-electron chi connectivity index (χ0n) is 20.0. The van der Waals surface area contributed by atoms with Crippen molar-refractivity contribution in [3.8, 4) is 0 Å². The molecule has 1 saturated heterocycles. The molecule has 0 bridgehead atoms. The predicted molar refractivity (Wildman–Crippen MR) is 137 cm³/mol. The molecule has 2 heterocycles. The Labute approximate surface area is 200 Å². The minimum Gasteiger partial charge on any atom is -0.370 e. The molecule has 1 aliphatic heterocycles. The number of nitrogens with one attached hydrogen (secondary N) is 2. The van der Waals surface area contributed by atoms with Crippen LogP contribution in [0.4, 0.5) is 17.2 Å². The smallest absolute Gasteiger partial charge is 0.258 e. The molecular formula is C27H31N5O2. The molecule has 0 saturated carbocycles. The Hall–Kier alpha value is -3.71. The maximum atomic E-state index is 13.0. The third-order valence-electron chi connectivity index (χ3n) is 6.04. The maximum absolute atomic E-state index is 13.0. The summed E-state index contributed by atoms with van der Waals surface area (Å²) in [7, 11) is 2.15. The van der Waals surface area contributed by atoms with Crippen molar-refractivity contribution in [2.45, 2.75) is 20.3 Å². The Morgan fingerprint density at radius 3 is 2.32 bits per heavy atom. The van der Waals surface area contributed by atoms with E-state index < -0.39 is 0 Å². The lowest BCUT2D eigenvalue weighted by atomic mass is 10.1. The molecular weight excluding hydrogens is 426 g/mol. The summed E-state index contributed by atoms with van der Waals surface area (Å²) in [5, 5.41) is 5.71. The third-order valence-corrected chi connectivity index (χ3v) is 6.04. The first-order valence-corrected chi connectivity index (χ1v) is 11.6. The van der Waals surface area contributed by atoms with Gasteiger partial charge in [0.2, 0.25) is 0 Å². The Morgan fingerprint density at radius 1 is 0.824 bits per heavy atom. The Morgan fingerprint density at radius 2 is 1.59 bits per heavy atom. The van der Waals surface area contributed by atoms with Gasteiger partial charge in [0.1, 0.15) is 5.82 Å². The van der Waals surface area contributed by atoms with Crippen molar-refractivity contribution in [3.63, 3.8) is 0 Å². The van der Waals surface area contributed by atoms with Crippen LogP contribution in [0.15, 0.2) is 60.8 Å². The number of anilines is 3. The number of likely N-dealkylation sites (N-methyl/N-ethyl adjacent to an activating group) is 1. The second kappa shape index (κ2) is 10.5. The van der Waals surface area contributed by atoms with Gasteiger partial charge < -0.3 is 20.4 Å². The average Bonchev–Trinajstić information content (AvgIpc) is 3.06. The summed E-state index contributed by atoms with van der Waals surface area (Å²) >= 11 is 0. The number of benzene rings is 2. The fourth-order valence-corrected chi connectivity index (χ4v) is 4.00. The lowest BCUT2D eigenvalue weighted by Gasteiger charge is -2.23. The Bertz CT molecular complexity index is 1160. The largest absolute Gasteiger partial charge is 0.370 e. The lowest BCUT2D eigenvalue weighted by molar-refractivity contribution is 0.102. The number of amides is 2. The number of aryl methyl sites for hydroxylation is 2. The molecule has 0 atom stereocenters. The molecule has 7 nitrogen and oxygen atoms in total. The van der Waals surface area contributed by atoms with Crippen molar-refractivity contribution in [2.24, 2.45) is 0 Å². The lowest BCUT2D eigenvalue weighted by Crippen LogP contribution is -2.28. The first kappa shape index (κ1) is 23.4. The highest BCUT2D eigenvalue weighted by molar-refractivity contribution is 6.12. The summed E-state index contributed by atoms with van der Waals surface area (Å²) < 4.78 is 0. The van der Waals surface area contributed by atoms with Crippen molar-refractivity contribution >= 4 is 29.0 Å². The van der Waals surface area contributed by atoms with Crippen LogP contribution in [0.5, 0.6) is 0 Å². The fraction of sp³-hybridized carbons (Fsp3) is 0.296. The first-order valence-electron chi connectivity index (χ1n) is 11.6. The average molecular weight is 458 g/mol. The van der Waals surface area contributed by atoms with E-state index >= 15 is 0 Å². The topological polar surface area (TPSA) is 77.6 Å². The molecule has 0 unspecified atom stereocenters. The van der Waals surface area contributed by atoms with Crippen molar-refractivity contribution < 1.29 is 9.59 Å². The van der Waals surface area contributed by atoms with E-state index in [1.165, 1.54) is 0 Å². The van der Waals surface area contributed by atoms with E-state index in [9.17, 15) is 9.59 Å². The number of aromatic nitrogens is 1. The molecule has 1 fully saturated rings. The van der Waals surface area contributed by atoms with Crippen molar-refractivity contribution in [1.82, 2.24) is 9.88 Å². The highest BCUT2D eigenvalue weighted by Gasteiger charge is 2.17. The summed E-state index contributed by atoms with van der Waals surface area (Å²) in [5.74, 6) is -0.116. The standard InChI is InChI=1S/C27H31N5O2/c1-19-5-11-24(23(17-19)27(34)30-25-12-6-20(2)18-28-25)29-26(33)21-7-9-22(10-8-21)32-14-4-13-31(3)15-16-32/h5-12,17-18H,4,13-16H2,1-3H3,(H,29,33)(H,28,30,34). The van der Waals surface area contributed by atoms with Gasteiger partial charge in [0.25, 0.3) is 11.8 Å². The van der Waals surface area contributed by atoms with Crippen LogP contribution in [0.2, 0.25) is 0 Å². The highest BCUT2D eigenvalue weighted by atomic mass is 16.2. The van der Waals surface area contributed by atoms with Crippen LogP contribution in [-0.4, -0.2) is 54.9 Å². The molecule has 2 N–H and O–H groups in total. The van der Waals surface area contributed by atoms with Crippen molar-refractivity contribution in [3.05, 3.63) is 83.0 Å². The second-order valence-electron chi connectivity index (χ2n) is 8.87. The number of carbonyl (C=O) groups is 2. The summed E-state index contributed by atoms with van der Waals surface area (Å²) in [6, 6.07) is 16.7. The molecule has 176 valence electrons. The normalized spacial score (nSPS) is 14.4. The van der Waals surface area contributed by atoms with Crippen LogP contribution in [0.3, 0.4) is 0 Å². The molecule has 2 amide bonds. The fourth-order valence-electron chi connectivity index (χ4n) is 4.00. The van der Waals surface area contributed by atoms with E-state index in [0.717, 1.165) is 49.4 Å². The molecule has 1 aromatic heterocycles. The minimum absolute atomic E-state index is 0.256. The van der Waals surface area contributed by atoms with Crippen LogP contribution in [-0.2, 0) is 0 Å². The number of nitrogens with zero attached hydrogens (tertiary/aromatic N) is 3. The minimum atomic E-state index is -0.322. The van der Waals surface area contributed by atoms with Gasteiger partial charge in [-0.25, -0.2) is 4.98 Å². The van der Waals surface area contributed by atoms with Gasteiger partial charge in [-0.1, -0.05) is 17.7 Å². The van der Waals surface area contributed by atoms with E-state index in [1.54, 1.807) is 24.4 Å². The van der Waals surface area contributed by atoms with Crippen LogP contribution >= 0.6 is 0 Å². The number of hydrogen-bond acceptors (Lipinski definition) is 5. The summed E-state index contributed by atoms with van der Waals surface area (Å²) in [5.41, 5.74) is 4.44. The zero-order valence-corrected chi connectivity index (χ0v) is 20.0. The monoisotopic (exact) mass is 457 g/mol. The Balaban J connectivity index is 1.47. The van der Waals surface area contributed by atoms with E-state index in [4.69, 9.17) is 0 Å². The van der Waals surface area contributed by atoms with E-state index in [2.05, 4.69) is 32.5 Å². The molecule has 3 aromatic rings. The first-order chi connectivity index (χ1) is 16.4. The van der Waals surface area contributed by atoms with Gasteiger partial charge in [-0.3, -0.25) is 9.59 Å². The SMILES string of the molecule is Cc1ccc(NC(=O)c2cc(C)ccc2NC(=O)c2ccc(N3CCCN(C)CC3)cc2)nc1. The predicted octanol–water partition coefficient (Wildman–Crippen LogP) is 4.34. The van der Waals surface area contributed by atoms with E-state index in [-0.39, 0.29) is 11.8 Å². The van der Waals surface area contributed by atoms with Gasteiger partial charge >= 0.3 is 0 Å². The molecule has 1 aliphatic rings. The number of pyridine rings is 1. The van der Waals surface area contributed by atoms with Gasteiger partial charge in [0, 0.05) is 37.1 Å². The van der Waals surface area contributed by atoms with Gasteiger partial charge in [0.15, 0.2) is 0 Å². The number of carbonyl (C=O) groups excluding carboxylic acids is 2. The molecule has 0 spiro atoms. The van der Waals surface area contributed by atoms with E-state index in [0.29, 0.717) is 22.6 Å². The molecule has 0 aliphatic carbocycles. The molecule has 2 aromatic carbocycles. The second-order valence-corrected chi connectivity index (χ2v) is 8.87. The Kier molecular flexibility index (Phi) is 7.23. The summed E-state index contributed by atoms with van der Waals surface area (Å²) in [6.07, 6.45) is 2.82.